The molecule has 0 aliphatic carbocycles. The number of pyridine rings is 2. The van der Waals surface area contributed by atoms with Crippen molar-refractivity contribution in [1.82, 2.24) is 25.3 Å². The zero-order valence-electron chi connectivity index (χ0n) is 16.5. The van der Waals surface area contributed by atoms with Gasteiger partial charge < -0.3 is 15.3 Å². The largest absolute Gasteiger partial charge is 0.483 e. The molecule has 0 radical (unpaired) electrons. The van der Waals surface area contributed by atoms with E-state index in [9.17, 15) is 0 Å². The number of rotatable bonds is 2. The van der Waals surface area contributed by atoms with Gasteiger partial charge in [-0.25, -0.2) is 9.97 Å². The quantitative estimate of drug-likeness (QED) is 0.550. The van der Waals surface area contributed by atoms with Gasteiger partial charge in [0.05, 0.1) is 17.1 Å². The third kappa shape index (κ3) is 4.13. The molecule has 0 aromatic carbocycles. The van der Waals surface area contributed by atoms with Gasteiger partial charge in [-0.05, 0) is 59.3 Å². The summed E-state index contributed by atoms with van der Waals surface area (Å²) in [7, 11) is 0. The molecule has 2 aliphatic heterocycles. The van der Waals surface area contributed by atoms with Crippen molar-refractivity contribution < 1.29 is 9.90 Å². The normalized spacial score (nSPS) is 17.6. The number of carboxylic acid groups (broad SMARTS) is 1. The Hall–Kier alpha value is -2.65. The van der Waals surface area contributed by atoms with Crippen molar-refractivity contribution in [2.45, 2.75) is 19.3 Å². The maximum absolute atomic E-state index is 8.36. The van der Waals surface area contributed by atoms with E-state index in [2.05, 4.69) is 36.1 Å². The fourth-order valence-corrected chi connectivity index (χ4v) is 4.80. The Morgan fingerprint density at radius 2 is 1.83 bits per heavy atom. The van der Waals surface area contributed by atoms with Crippen molar-refractivity contribution in [3.63, 3.8) is 0 Å². The summed E-state index contributed by atoms with van der Waals surface area (Å²) in [5, 5.41) is 11.5. The van der Waals surface area contributed by atoms with Crippen LogP contribution in [0.3, 0.4) is 0 Å². The predicted molar refractivity (Wildman–Crippen MR) is 118 cm³/mol. The fraction of sp³-hybridized carbons (Fsp3) is 0.381. The van der Waals surface area contributed by atoms with Gasteiger partial charge in [0.25, 0.3) is 6.47 Å². The van der Waals surface area contributed by atoms with E-state index in [1.165, 1.54) is 19.3 Å². The highest BCUT2D eigenvalue weighted by molar-refractivity contribution is 9.10. The van der Waals surface area contributed by atoms with Gasteiger partial charge in [-0.2, -0.15) is 0 Å². The molecule has 2 saturated heterocycles. The molecule has 0 saturated carbocycles. The van der Waals surface area contributed by atoms with Gasteiger partial charge in [0.1, 0.15) is 5.82 Å². The van der Waals surface area contributed by atoms with Crippen LogP contribution in [0, 0.1) is 5.41 Å². The number of nitrogens with zero attached hydrogens (tertiary/aromatic N) is 5. The van der Waals surface area contributed by atoms with Crippen molar-refractivity contribution in [3.05, 3.63) is 41.4 Å². The molecule has 8 nitrogen and oxygen atoms in total. The lowest BCUT2D eigenvalue weighted by molar-refractivity contribution is -0.122. The van der Waals surface area contributed by atoms with E-state index in [-0.39, 0.29) is 6.47 Å². The first-order valence-electron chi connectivity index (χ1n) is 9.91. The number of hydrogen-bond donors (Lipinski definition) is 2. The highest BCUT2D eigenvalue weighted by Gasteiger charge is 2.37. The maximum Gasteiger partial charge on any atom is 0.290 e. The minimum absolute atomic E-state index is 0.250. The van der Waals surface area contributed by atoms with E-state index in [0.717, 1.165) is 58.8 Å². The summed E-state index contributed by atoms with van der Waals surface area (Å²) in [6.07, 6.45) is 10.9. The van der Waals surface area contributed by atoms with Gasteiger partial charge in [0.15, 0.2) is 5.82 Å². The summed E-state index contributed by atoms with van der Waals surface area (Å²) in [6, 6.07) is 3.90. The number of aromatic nitrogens is 4. The van der Waals surface area contributed by atoms with E-state index in [0.29, 0.717) is 5.41 Å². The van der Waals surface area contributed by atoms with E-state index >= 15 is 0 Å². The lowest BCUT2D eigenvalue weighted by Crippen LogP contribution is -2.41. The van der Waals surface area contributed by atoms with E-state index in [4.69, 9.17) is 19.9 Å². The predicted octanol–water partition coefficient (Wildman–Crippen LogP) is 3.13. The Labute approximate surface area is 182 Å². The molecular weight excluding hydrogens is 448 g/mol. The number of carbonyl (C=O) groups is 1. The van der Waals surface area contributed by atoms with Crippen LogP contribution in [0.2, 0.25) is 0 Å². The number of nitrogens with one attached hydrogen (secondary N) is 1. The molecule has 0 amide bonds. The topological polar surface area (TPSA) is 104 Å². The molecule has 5 heterocycles. The minimum Gasteiger partial charge on any atom is -0.483 e. The fourth-order valence-electron chi connectivity index (χ4n) is 4.30. The van der Waals surface area contributed by atoms with Gasteiger partial charge in [0.2, 0.25) is 0 Å². The molecule has 1 spiro atoms. The molecule has 156 valence electrons. The van der Waals surface area contributed by atoms with Gasteiger partial charge in [-0.1, -0.05) is 0 Å². The highest BCUT2D eigenvalue weighted by atomic mass is 79.9. The standard InChI is InChI=1S/C20H21BrN6.CH2O2/c21-15-11-24-12-16-17(15)19(26-18(25-16)14-1-6-22-7-2-14)27-9-4-20(5-10-27)3-8-23-13-20;2-1-3/h1-2,6-7,11-12,23H,3-5,8-10,13H2;1H,(H,2,3). The highest BCUT2D eigenvalue weighted by Crippen LogP contribution is 2.40. The van der Waals surface area contributed by atoms with Gasteiger partial charge in [-0.15, -0.1) is 0 Å². The van der Waals surface area contributed by atoms with Crippen LogP contribution in [0.5, 0.6) is 0 Å². The molecule has 0 bridgehead atoms. The van der Waals surface area contributed by atoms with Crippen LogP contribution >= 0.6 is 15.9 Å². The zero-order chi connectivity index (χ0) is 21.0. The van der Waals surface area contributed by atoms with E-state index in [1.807, 2.05) is 24.5 Å². The first kappa shape index (κ1) is 20.6. The van der Waals surface area contributed by atoms with Crippen molar-refractivity contribution in [2.24, 2.45) is 5.41 Å². The van der Waals surface area contributed by atoms with E-state index in [1.54, 1.807) is 12.4 Å². The SMILES string of the molecule is Brc1cncc2nc(-c3ccncc3)nc(N3CCC4(CCNC4)CC3)c12.O=CO. The molecule has 2 aliphatic rings. The molecule has 0 atom stereocenters. The Balaban J connectivity index is 0.000000687. The second-order valence-corrected chi connectivity index (χ2v) is 8.50. The monoisotopic (exact) mass is 470 g/mol. The molecular formula is C21H23BrN6O2. The molecule has 5 rings (SSSR count). The second kappa shape index (κ2) is 9.01. The summed E-state index contributed by atoms with van der Waals surface area (Å²) in [4.78, 5) is 29.0. The zero-order valence-corrected chi connectivity index (χ0v) is 18.0. The molecule has 3 aromatic heterocycles. The molecule has 3 aromatic rings. The summed E-state index contributed by atoms with van der Waals surface area (Å²) >= 11 is 3.67. The van der Waals surface area contributed by atoms with Gasteiger partial charge in [0, 0.05) is 48.3 Å². The van der Waals surface area contributed by atoms with Crippen molar-refractivity contribution in [3.8, 4) is 11.4 Å². The number of hydrogen-bond acceptors (Lipinski definition) is 7. The molecule has 2 fully saturated rings. The summed E-state index contributed by atoms with van der Waals surface area (Å²) < 4.78 is 0.944. The molecule has 30 heavy (non-hydrogen) atoms. The summed E-state index contributed by atoms with van der Waals surface area (Å²) in [5.74, 6) is 1.73. The molecule has 2 N–H and O–H groups in total. The Morgan fingerprint density at radius 1 is 1.10 bits per heavy atom. The Kier molecular flexibility index (Phi) is 6.19. The van der Waals surface area contributed by atoms with Crippen LogP contribution in [0.1, 0.15) is 19.3 Å². The van der Waals surface area contributed by atoms with Crippen molar-refractivity contribution in [1.29, 1.82) is 0 Å². The number of piperidine rings is 1. The Bertz CT molecular complexity index is 1020. The first-order chi connectivity index (χ1) is 14.7. The van der Waals surface area contributed by atoms with Crippen molar-refractivity contribution in [2.75, 3.05) is 31.1 Å². The average molecular weight is 471 g/mol. The van der Waals surface area contributed by atoms with Crippen LogP contribution in [-0.2, 0) is 4.79 Å². The van der Waals surface area contributed by atoms with E-state index < -0.39 is 0 Å². The third-order valence-electron chi connectivity index (χ3n) is 5.94. The Morgan fingerprint density at radius 3 is 2.50 bits per heavy atom. The molecule has 9 heteroatoms. The van der Waals surface area contributed by atoms with Crippen LogP contribution < -0.4 is 10.2 Å². The smallest absolute Gasteiger partial charge is 0.290 e. The minimum atomic E-state index is -0.250. The number of anilines is 1. The first-order valence-corrected chi connectivity index (χ1v) is 10.7. The van der Waals surface area contributed by atoms with Crippen LogP contribution in [0.15, 0.2) is 41.4 Å². The summed E-state index contributed by atoms with van der Waals surface area (Å²) in [5.41, 5.74) is 2.32. The van der Waals surface area contributed by atoms with Gasteiger partial charge in [-0.3, -0.25) is 14.8 Å². The average Bonchev–Trinajstić information content (AvgIpc) is 3.23. The number of fused-ring (bicyclic) bond motifs is 1. The molecule has 0 unspecified atom stereocenters. The third-order valence-corrected chi connectivity index (χ3v) is 6.54. The number of halogens is 1. The van der Waals surface area contributed by atoms with Crippen molar-refractivity contribution >= 4 is 39.1 Å². The maximum atomic E-state index is 8.36. The lowest BCUT2D eigenvalue weighted by atomic mass is 9.78. The second-order valence-electron chi connectivity index (χ2n) is 7.64. The van der Waals surface area contributed by atoms with Gasteiger partial charge >= 0.3 is 0 Å². The lowest BCUT2D eigenvalue weighted by Gasteiger charge is -2.39. The van der Waals surface area contributed by atoms with Crippen LogP contribution in [0.4, 0.5) is 5.82 Å². The summed E-state index contributed by atoms with van der Waals surface area (Å²) in [6.45, 7) is 4.11. The van der Waals surface area contributed by atoms with Crippen LogP contribution in [-0.4, -0.2) is 57.7 Å². The van der Waals surface area contributed by atoms with Crippen LogP contribution in [0.25, 0.3) is 22.3 Å².